The molecule has 0 unspecified atom stereocenters. The van der Waals surface area contributed by atoms with Gasteiger partial charge in [0.1, 0.15) is 0 Å². The highest BCUT2D eigenvalue weighted by atomic mass is 16.5. The Balaban J connectivity index is 1.71. The van der Waals surface area contributed by atoms with E-state index in [-0.39, 0.29) is 11.4 Å². The minimum Gasteiger partial charge on any atom is -0.465 e. The largest absolute Gasteiger partial charge is 0.465 e. The van der Waals surface area contributed by atoms with E-state index in [0.29, 0.717) is 12.5 Å². The molecule has 17 heavy (non-hydrogen) atoms. The number of cyclic esters (lactones) is 1. The lowest BCUT2D eigenvalue weighted by atomic mass is 9.83. The fourth-order valence-corrected chi connectivity index (χ4v) is 2.94. The van der Waals surface area contributed by atoms with E-state index in [1.54, 1.807) is 0 Å². The number of ether oxygens (including phenoxy) is 1. The van der Waals surface area contributed by atoms with Gasteiger partial charge in [-0.1, -0.05) is 30.3 Å². The number of carbonyl (C=O) groups excluding carboxylic acids is 1. The van der Waals surface area contributed by atoms with E-state index in [2.05, 4.69) is 29.2 Å². The molecule has 0 spiro atoms. The van der Waals surface area contributed by atoms with Crippen molar-refractivity contribution in [1.82, 2.24) is 4.90 Å². The Hall–Kier alpha value is -1.35. The lowest BCUT2D eigenvalue weighted by molar-refractivity contribution is -0.145. The van der Waals surface area contributed by atoms with Gasteiger partial charge in [0.15, 0.2) is 0 Å². The van der Waals surface area contributed by atoms with Crippen LogP contribution in [0.3, 0.4) is 0 Å². The maximum atomic E-state index is 11.7. The number of esters is 1. The number of hydrogen-bond acceptors (Lipinski definition) is 3. The Kier molecular flexibility index (Phi) is 2.44. The summed E-state index contributed by atoms with van der Waals surface area (Å²) in [5.41, 5.74) is 1.04. The average molecular weight is 231 g/mol. The molecule has 0 bridgehead atoms. The third kappa shape index (κ3) is 1.75. The molecule has 2 fully saturated rings. The first-order valence-electron chi connectivity index (χ1n) is 6.12. The quantitative estimate of drug-likeness (QED) is 0.725. The van der Waals surface area contributed by atoms with Crippen molar-refractivity contribution >= 4 is 5.97 Å². The second-order valence-corrected chi connectivity index (χ2v) is 5.37. The minimum atomic E-state index is -0.269. The molecule has 3 nitrogen and oxygen atoms in total. The molecule has 0 N–H and O–H groups in total. The van der Waals surface area contributed by atoms with Crippen LogP contribution in [0, 0.1) is 11.3 Å². The van der Waals surface area contributed by atoms with Crippen LogP contribution in [0.1, 0.15) is 12.5 Å². The van der Waals surface area contributed by atoms with E-state index >= 15 is 0 Å². The van der Waals surface area contributed by atoms with E-state index in [9.17, 15) is 4.79 Å². The van der Waals surface area contributed by atoms with Gasteiger partial charge in [-0.3, -0.25) is 9.69 Å². The molecule has 0 radical (unpaired) electrons. The minimum absolute atomic E-state index is 0.0157. The van der Waals surface area contributed by atoms with Crippen LogP contribution in [-0.4, -0.2) is 30.6 Å². The van der Waals surface area contributed by atoms with Crippen molar-refractivity contribution in [2.75, 3.05) is 19.7 Å². The lowest BCUT2D eigenvalue weighted by Gasteiger charge is -2.19. The van der Waals surface area contributed by atoms with Crippen LogP contribution in [0.2, 0.25) is 0 Å². The summed E-state index contributed by atoms with van der Waals surface area (Å²) in [4.78, 5) is 14.1. The van der Waals surface area contributed by atoms with Crippen molar-refractivity contribution in [3.05, 3.63) is 35.9 Å². The lowest BCUT2D eigenvalue weighted by Crippen LogP contribution is -2.31. The normalized spacial score (nSPS) is 32.5. The van der Waals surface area contributed by atoms with Gasteiger partial charge in [-0.2, -0.15) is 0 Å². The maximum Gasteiger partial charge on any atom is 0.313 e. The highest BCUT2D eigenvalue weighted by Crippen LogP contribution is 2.42. The van der Waals surface area contributed by atoms with Crippen LogP contribution in [0.4, 0.5) is 0 Å². The summed E-state index contributed by atoms with van der Waals surface area (Å²) >= 11 is 0. The first-order chi connectivity index (χ1) is 8.18. The molecule has 2 aliphatic rings. The van der Waals surface area contributed by atoms with Crippen LogP contribution in [0.5, 0.6) is 0 Å². The maximum absolute atomic E-state index is 11.7. The molecule has 0 saturated carbocycles. The molecular weight excluding hydrogens is 214 g/mol. The smallest absolute Gasteiger partial charge is 0.313 e. The third-order valence-electron chi connectivity index (χ3n) is 4.06. The highest BCUT2D eigenvalue weighted by molar-refractivity contribution is 5.79. The number of nitrogens with zero attached hydrogens (tertiary/aromatic N) is 1. The highest BCUT2D eigenvalue weighted by Gasteiger charge is 2.54. The van der Waals surface area contributed by atoms with Crippen LogP contribution in [-0.2, 0) is 16.1 Å². The molecule has 3 rings (SSSR count). The van der Waals surface area contributed by atoms with Gasteiger partial charge in [0, 0.05) is 25.6 Å². The predicted octanol–water partition coefficient (Wildman–Crippen LogP) is 1.68. The second-order valence-electron chi connectivity index (χ2n) is 5.37. The summed E-state index contributed by atoms with van der Waals surface area (Å²) in [6.07, 6.45) is 0. The molecule has 0 aromatic heterocycles. The molecule has 1 aromatic carbocycles. The molecule has 0 amide bonds. The summed E-state index contributed by atoms with van der Waals surface area (Å²) < 4.78 is 5.16. The monoisotopic (exact) mass is 231 g/mol. The van der Waals surface area contributed by atoms with Crippen LogP contribution in [0.15, 0.2) is 30.3 Å². The van der Waals surface area contributed by atoms with Crippen molar-refractivity contribution in [2.45, 2.75) is 13.5 Å². The van der Waals surface area contributed by atoms with Crippen LogP contribution < -0.4 is 0 Å². The number of carbonyl (C=O) groups is 1. The first-order valence-corrected chi connectivity index (χ1v) is 6.12. The zero-order valence-electron chi connectivity index (χ0n) is 10.1. The predicted molar refractivity (Wildman–Crippen MR) is 64.3 cm³/mol. The molecule has 3 heteroatoms. The summed E-state index contributed by atoms with van der Waals surface area (Å²) in [5.74, 6) is 0.358. The van der Waals surface area contributed by atoms with Gasteiger partial charge in [0.05, 0.1) is 12.0 Å². The third-order valence-corrected chi connectivity index (χ3v) is 4.06. The van der Waals surface area contributed by atoms with Crippen molar-refractivity contribution < 1.29 is 9.53 Å². The van der Waals surface area contributed by atoms with Gasteiger partial charge < -0.3 is 4.74 Å². The van der Waals surface area contributed by atoms with Gasteiger partial charge >= 0.3 is 5.97 Å². The van der Waals surface area contributed by atoms with Gasteiger partial charge in [-0.25, -0.2) is 0 Å². The van der Waals surface area contributed by atoms with E-state index in [4.69, 9.17) is 4.74 Å². The summed E-state index contributed by atoms with van der Waals surface area (Å²) in [5, 5.41) is 0. The van der Waals surface area contributed by atoms with E-state index in [0.717, 1.165) is 19.6 Å². The van der Waals surface area contributed by atoms with E-state index < -0.39 is 0 Å². The SMILES string of the molecule is C[C@]12CN(Cc3ccccc3)C[C@@H]1COC2=O. The number of hydrogen-bond donors (Lipinski definition) is 0. The number of fused-ring (bicyclic) bond motifs is 1. The van der Waals surface area contributed by atoms with Gasteiger partial charge in [0.25, 0.3) is 0 Å². The average Bonchev–Trinajstić information content (AvgIpc) is 2.77. The Bertz CT molecular complexity index is 431. The van der Waals surface area contributed by atoms with Gasteiger partial charge in [-0.15, -0.1) is 0 Å². The Morgan fingerprint density at radius 1 is 1.41 bits per heavy atom. The fraction of sp³-hybridized carbons (Fsp3) is 0.500. The molecular formula is C14H17NO2. The zero-order valence-corrected chi connectivity index (χ0v) is 10.1. The van der Waals surface area contributed by atoms with Crippen LogP contribution >= 0.6 is 0 Å². The fourth-order valence-electron chi connectivity index (χ4n) is 2.94. The standard InChI is InChI=1S/C14H17NO2/c1-14-10-15(7-11-5-3-2-4-6-11)8-12(14)9-17-13(14)16/h2-6,12H,7-10H2,1H3/t12-,14+/m1/s1. The molecule has 0 aliphatic carbocycles. The van der Waals surface area contributed by atoms with Gasteiger partial charge in [-0.05, 0) is 12.5 Å². The molecule has 2 aliphatic heterocycles. The Morgan fingerprint density at radius 2 is 2.18 bits per heavy atom. The molecule has 2 atom stereocenters. The van der Waals surface area contributed by atoms with Crippen LogP contribution in [0.25, 0.3) is 0 Å². The Morgan fingerprint density at radius 3 is 2.88 bits per heavy atom. The van der Waals surface area contributed by atoms with E-state index in [1.165, 1.54) is 5.56 Å². The molecule has 1 aromatic rings. The molecule has 90 valence electrons. The van der Waals surface area contributed by atoms with E-state index in [1.807, 2.05) is 13.0 Å². The van der Waals surface area contributed by atoms with Gasteiger partial charge in [0.2, 0.25) is 0 Å². The zero-order chi connectivity index (χ0) is 11.9. The number of likely N-dealkylation sites (tertiary alicyclic amines) is 1. The first kappa shape index (κ1) is 10.8. The number of benzene rings is 1. The van der Waals surface area contributed by atoms with Crippen molar-refractivity contribution in [1.29, 1.82) is 0 Å². The molecule has 2 saturated heterocycles. The van der Waals surface area contributed by atoms with Crippen molar-refractivity contribution in [3.8, 4) is 0 Å². The number of rotatable bonds is 2. The summed E-state index contributed by atoms with van der Waals surface area (Å²) in [7, 11) is 0. The topological polar surface area (TPSA) is 29.5 Å². The Labute approximate surface area is 101 Å². The molecule has 2 heterocycles. The second kappa shape index (κ2) is 3.84. The summed E-state index contributed by atoms with van der Waals surface area (Å²) in [6.45, 7) is 5.36. The van der Waals surface area contributed by atoms with Crippen molar-refractivity contribution in [2.24, 2.45) is 11.3 Å². The summed E-state index contributed by atoms with van der Waals surface area (Å²) in [6, 6.07) is 10.4. The van der Waals surface area contributed by atoms with Crippen molar-refractivity contribution in [3.63, 3.8) is 0 Å².